The van der Waals surface area contributed by atoms with Gasteiger partial charge in [-0.25, -0.2) is 0 Å². The summed E-state index contributed by atoms with van der Waals surface area (Å²) in [7, 11) is 0. The van der Waals surface area contributed by atoms with Crippen molar-refractivity contribution in [1.82, 2.24) is 5.32 Å². The zero-order valence-electron chi connectivity index (χ0n) is 11.4. The number of nitrogen functional groups attached to an aromatic ring is 1. The normalized spacial score (nSPS) is 12.2. The molecule has 0 bridgehead atoms. The molecule has 0 aromatic heterocycles. The fourth-order valence-corrected chi connectivity index (χ4v) is 2.89. The first-order valence-electron chi connectivity index (χ1n) is 6.54. The standard InChI is InChI=1S/C14H21BrN2OS/c1-3-4-5-8-17-14(18)10(2)19-13-7-6-11(15)9-12(13)16/h6-7,9-10H,3-5,8,16H2,1-2H3,(H,17,18). The van der Waals surface area contributed by atoms with E-state index >= 15 is 0 Å². The molecule has 0 aliphatic carbocycles. The second kappa shape index (κ2) is 8.48. The maximum Gasteiger partial charge on any atom is 0.233 e. The second-order valence-corrected chi connectivity index (χ2v) is 6.74. The highest BCUT2D eigenvalue weighted by atomic mass is 79.9. The number of halogens is 1. The van der Waals surface area contributed by atoms with E-state index in [2.05, 4.69) is 28.2 Å². The third-order valence-electron chi connectivity index (χ3n) is 2.72. The molecule has 0 saturated carbocycles. The minimum atomic E-state index is -0.134. The summed E-state index contributed by atoms with van der Waals surface area (Å²) in [6, 6.07) is 5.73. The molecule has 0 spiro atoms. The Hall–Kier alpha value is -0.680. The number of carbonyl (C=O) groups is 1. The number of unbranched alkanes of at least 4 members (excludes halogenated alkanes) is 2. The van der Waals surface area contributed by atoms with Crippen molar-refractivity contribution in [3.8, 4) is 0 Å². The van der Waals surface area contributed by atoms with Crippen LogP contribution >= 0.6 is 27.7 Å². The van der Waals surface area contributed by atoms with Gasteiger partial charge in [0.1, 0.15) is 0 Å². The van der Waals surface area contributed by atoms with Crippen LogP contribution in [-0.2, 0) is 4.79 Å². The van der Waals surface area contributed by atoms with E-state index in [9.17, 15) is 4.79 Å². The van der Waals surface area contributed by atoms with Gasteiger partial charge in [0.15, 0.2) is 0 Å². The average Bonchev–Trinajstić information content (AvgIpc) is 2.37. The van der Waals surface area contributed by atoms with Crippen LogP contribution in [0.1, 0.15) is 33.1 Å². The van der Waals surface area contributed by atoms with Crippen molar-refractivity contribution in [1.29, 1.82) is 0 Å². The molecule has 0 saturated heterocycles. The molecule has 1 amide bonds. The van der Waals surface area contributed by atoms with E-state index in [1.165, 1.54) is 11.8 Å². The molecule has 0 fully saturated rings. The third kappa shape index (κ3) is 5.87. The molecule has 1 atom stereocenters. The van der Waals surface area contributed by atoms with Gasteiger partial charge in [-0.2, -0.15) is 0 Å². The highest BCUT2D eigenvalue weighted by Gasteiger charge is 2.15. The number of hydrogen-bond acceptors (Lipinski definition) is 3. The number of nitrogens with one attached hydrogen (secondary N) is 1. The van der Waals surface area contributed by atoms with Crippen LogP contribution < -0.4 is 11.1 Å². The average molecular weight is 345 g/mol. The number of amides is 1. The van der Waals surface area contributed by atoms with Crippen LogP contribution in [0.4, 0.5) is 5.69 Å². The Kier molecular flexibility index (Phi) is 7.31. The van der Waals surface area contributed by atoms with Gasteiger partial charge in [-0.15, -0.1) is 11.8 Å². The molecule has 106 valence electrons. The minimum absolute atomic E-state index is 0.0726. The Bertz CT molecular complexity index is 426. The Balaban J connectivity index is 2.45. The molecule has 0 aliphatic heterocycles. The van der Waals surface area contributed by atoms with Gasteiger partial charge in [-0.1, -0.05) is 35.7 Å². The van der Waals surface area contributed by atoms with Crippen molar-refractivity contribution in [2.45, 2.75) is 43.3 Å². The first-order valence-corrected chi connectivity index (χ1v) is 8.21. The highest BCUT2D eigenvalue weighted by molar-refractivity contribution is 9.10. The van der Waals surface area contributed by atoms with Crippen LogP contribution in [0.2, 0.25) is 0 Å². The first kappa shape index (κ1) is 16.4. The largest absolute Gasteiger partial charge is 0.398 e. The van der Waals surface area contributed by atoms with Crippen molar-refractivity contribution in [3.63, 3.8) is 0 Å². The summed E-state index contributed by atoms with van der Waals surface area (Å²) in [4.78, 5) is 12.9. The summed E-state index contributed by atoms with van der Waals surface area (Å²) in [5.74, 6) is 0.0726. The molecule has 19 heavy (non-hydrogen) atoms. The van der Waals surface area contributed by atoms with E-state index in [4.69, 9.17) is 5.73 Å². The van der Waals surface area contributed by atoms with Crippen molar-refractivity contribution in [2.75, 3.05) is 12.3 Å². The summed E-state index contributed by atoms with van der Waals surface area (Å²) in [5, 5.41) is 2.82. The molecule has 1 aromatic carbocycles. The number of carbonyl (C=O) groups excluding carboxylic acids is 1. The second-order valence-electron chi connectivity index (χ2n) is 4.44. The Morgan fingerprint density at radius 3 is 2.84 bits per heavy atom. The van der Waals surface area contributed by atoms with Crippen molar-refractivity contribution in [2.24, 2.45) is 0 Å². The molecule has 5 heteroatoms. The third-order valence-corrected chi connectivity index (χ3v) is 4.41. The predicted molar refractivity (Wildman–Crippen MR) is 86.4 cm³/mol. The van der Waals surface area contributed by atoms with Crippen molar-refractivity contribution >= 4 is 39.3 Å². The molecule has 0 radical (unpaired) electrons. The highest BCUT2D eigenvalue weighted by Crippen LogP contribution is 2.30. The molecular formula is C14H21BrN2OS. The monoisotopic (exact) mass is 344 g/mol. The van der Waals surface area contributed by atoms with E-state index in [1.807, 2.05) is 25.1 Å². The summed E-state index contributed by atoms with van der Waals surface area (Å²) >= 11 is 4.86. The summed E-state index contributed by atoms with van der Waals surface area (Å²) in [5.41, 5.74) is 6.63. The fraction of sp³-hybridized carbons (Fsp3) is 0.500. The van der Waals surface area contributed by atoms with E-state index in [-0.39, 0.29) is 11.2 Å². The van der Waals surface area contributed by atoms with E-state index in [0.717, 1.165) is 35.2 Å². The lowest BCUT2D eigenvalue weighted by atomic mass is 10.2. The zero-order chi connectivity index (χ0) is 14.3. The van der Waals surface area contributed by atoms with Crippen molar-refractivity contribution < 1.29 is 4.79 Å². The number of hydrogen-bond donors (Lipinski definition) is 2. The molecule has 1 rings (SSSR count). The Labute approximate surface area is 127 Å². The van der Waals surface area contributed by atoms with Gasteiger partial charge in [0.2, 0.25) is 5.91 Å². The van der Waals surface area contributed by atoms with Crippen LogP contribution in [-0.4, -0.2) is 17.7 Å². The SMILES string of the molecule is CCCCCNC(=O)C(C)Sc1ccc(Br)cc1N. The summed E-state index contributed by atoms with van der Waals surface area (Å²) < 4.78 is 0.950. The molecule has 3 N–H and O–H groups in total. The maximum atomic E-state index is 11.9. The van der Waals surface area contributed by atoms with Crippen LogP contribution in [0.3, 0.4) is 0 Å². The van der Waals surface area contributed by atoms with Gasteiger partial charge in [-0.05, 0) is 31.5 Å². The number of thioether (sulfide) groups is 1. The van der Waals surface area contributed by atoms with Crippen LogP contribution in [0.15, 0.2) is 27.6 Å². The van der Waals surface area contributed by atoms with Gasteiger partial charge in [0.05, 0.1) is 5.25 Å². The maximum absolute atomic E-state index is 11.9. The van der Waals surface area contributed by atoms with Crippen molar-refractivity contribution in [3.05, 3.63) is 22.7 Å². The minimum Gasteiger partial charge on any atom is -0.398 e. The number of nitrogens with two attached hydrogens (primary N) is 1. The van der Waals surface area contributed by atoms with Gasteiger partial charge < -0.3 is 11.1 Å². The molecular weight excluding hydrogens is 324 g/mol. The van der Waals surface area contributed by atoms with E-state index < -0.39 is 0 Å². The zero-order valence-corrected chi connectivity index (χ0v) is 13.8. The Morgan fingerprint density at radius 1 is 1.47 bits per heavy atom. The fourth-order valence-electron chi connectivity index (χ4n) is 1.60. The lowest BCUT2D eigenvalue weighted by molar-refractivity contribution is -0.120. The van der Waals surface area contributed by atoms with Gasteiger partial charge in [0, 0.05) is 21.6 Å². The lowest BCUT2D eigenvalue weighted by Crippen LogP contribution is -2.31. The molecule has 0 heterocycles. The van der Waals surface area contributed by atoms with Crippen LogP contribution in [0.5, 0.6) is 0 Å². The number of rotatable bonds is 7. The smallest absolute Gasteiger partial charge is 0.233 e. The first-order chi connectivity index (χ1) is 9.04. The predicted octanol–water partition coefficient (Wildman–Crippen LogP) is 3.82. The van der Waals surface area contributed by atoms with E-state index in [1.54, 1.807) is 0 Å². The van der Waals surface area contributed by atoms with Gasteiger partial charge in [0.25, 0.3) is 0 Å². The number of anilines is 1. The molecule has 1 unspecified atom stereocenters. The number of benzene rings is 1. The summed E-state index contributed by atoms with van der Waals surface area (Å²) in [6.45, 7) is 4.81. The summed E-state index contributed by atoms with van der Waals surface area (Å²) in [6.07, 6.45) is 3.36. The Morgan fingerprint density at radius 2 is 2.21 bits per heavy atom. The quantitative estimate of drug-likeness (QED) is 0.449. The molecule has 3 nitrogen and oxygen atoms in total. The topological polar surface area (TPSA) is 55.1 Å². The van der Waals surface area contributed by atoms with Crippen LogP contribution in [0.25, 0.3) is 0 Å². The van der Waals surface area contributed by atoms with E-state index in [0.29, 0.717) is 5.69 Å². The molecule has 0 aliphatic rings. The van der Waals surface area contributed by atoms with Crippen LogP contribution in [0, 0.1) is 0 Å². The van der Waals surface area contributed by atoms with Gasteiger partial charge >= 0.3 is 0 Å². The lowest BCUT2D eigenvalue weighted by Gasteiger charge is -2.13. The van der Waals surface area contributed by atoms with Gasteiger partial charge in [-0.3, -0.25) is 4.79 Å². The molecule has 1 aromatic rings.